The van der Waals surface area contributed by atoms with Gasteiger partial charge in [0.25, 0.3) is 0 Å². The van der Waals surface area contributed by atoms with Gasteiger partial charge in [-0.05, 0) is 23.8 Å². The molecule has 3 rings (SSSR count). The quantitative estimate of drug-likeness (QED) is 0.750. The molecule has 1 aromatic heterocycles. The average molecular weight is 329 g/mol. The minimum absolute atomic E-state index is 0.677. The SMILES string of the molecule is Nc1cccc(-c2ncn(Cc3ccccc3Br)n2)c1. The predicted octanol–water partition coefficient (Wildman–Crippen LogP) is 3.34. The number of anilines is 1. The maximum Gasteiger partial charge on any atom is 0.181 e. The van der Waals surface area contributed by atoms with Crippen molar-refractivity contribution in [2.75, 3.05) is 5.73 Å². The van der Waals surface area contributed by atoms with E-state index in [1.165, 1.54) is 0 Å². The van der Waals surface area contributed by atoms with Crippen LogP contribution in [0.15, 0.2) is 59.3 Å². The Hall–Kier alpha value is -2.14. The normalized spacial score (nSPS) is 10.7. The van der Waals surface area contributed by atoms with Crippen molar-refractivity contribution in [1.29, 1.82) is 0 Å². The Morgan fingerprint density at radius 2 is 1.95 bits per heavy atom. The number of aromatic nitrogens is 3. The van der Waals surface area contributed by atoms with Crippen molar-refractivity contribution in [3.05, 3.63) is 64.9 Å². The van der Waals surface area contributed by atoms with E-state index in [0.29, 0.717) is 18.1 Å². The lowest BCUT2D eigenvalue weighted by molar-refractivity contribution is 0.685. The number of benzene rings is 2. The molecule has 0 saturated carbocycles. The summed E-state index contributed by atoms with van der Waals surface area (Å²) in [7, 11) is 0. The average Bonchev–Trinajstić information content (AvgIpc) is 2.90. The molecule has 4 nitrogen and oxygen atoms in total. The monoisotopic (exact) mass is 328 g/mol. The van der Waals surface area contributed by atoms with Crippen molar-refractivity contribution in [1.82, 2.24) is 14.8 Å². The van der Waals surface area contributed by atoms with E-state index in [0.717, 1.165) is 15.6 Å². The summed E-state index contributed by atoms with van der Waals surface area (Å²) in [4.78, 5) is 4.33. The van der Waals surface area contributed by atoms with Crippen molar-refractivity contribution >= 4 is 21.6 Å². The molecule has 2 aromatic carbocycles. The van der Waals surface area contributed by atoms with Crippen LogP contribution in [0.5, 0.6) is 0 Å². The number of hydrogen-bond acceptors (Lipinski definition) is 3. The maximum atomic E-state index is 5.78. The molecule has 3 aromatic rings. The summed E-state index contributed by atoms with van der Waals surface area (Å²) in [5.74, 6) is 0.685. The lowest BCUT2D eigenvalue weighted by Crippen LogP contribution is -2.01. The Morgan fingerprint density at radius 1 is 1.10 bits per heavy atom. The van der Waals surface area contributed by atoms with E-state index in [-0.39, 0.29) is 0 Å². The van der Waals surface area contributed by atoms with E-state index in [1.54, 1.807) is 6.33 Å². The van der Waals surface area contributed by atoms with Crippen LogP contribution in [-0.4, -0.2) is 14.8 Å². The van der Waals surface area contributed by atoms with Crippen molar-refractivity contribution < 1.29 is 0 Å². The van der Waals surface area contributed by atoms with E-state index in [4.69, 9.17) is 5.73 Å². The standard InChI is InChI=1S/C15H13BrN4/c16-14-7-2-1-4-12(14)9-20-10-18-15(19-20)11-5-3-6-13(17)8-11/h1-8,10H,9,17H2. The second-order valence-electron chi connectivity index (χ2n) is 4.48. The van der Waals surface area contributed by atoms with Gasteiger partial charge in [-0.15, -0.1) is 0 Å². The number of nitrogens with two attached hydrogens (primary N) is 1. The van der Waals surface area contributed by atoms with Gasteiger partial charge < -0.3 is 5.73 Å². The number of nitrogens with zero attached hydrogens (tertiary/aromatic N) is 3. The van der Waals surface area contributed by atoms with Gasteiger partial charge in [-0.25, -0.2) is 9.67 Å². The molecular weight excluding hydrogens is 316 g/mol. The summed E-state index contributed by atoms with van der Waals surface area (Å²) in [5.41, 5.74) is 8.58. The number of halogens is 1. The Labute approximate surface area is 125 Å². The van der Waals surface area contributed by atoms with E-state index in [1.807, 2.05) is 47.1 Å². The summed E-state index contributed by atoms with van der Waals surface area (Å²) in [5, 5.41) is 4.49. The maximum absolute atomic E-state index is 5.78. The molecule has 100 valence electrons. The number of rotatable bonds is 3. The van der Waals surface area contributed by atoms with Crippen LogP contribution in [-0.2, 0) is 6.54 Å². The van der Waals surface area contributed by atoms with Crippen LogP contribution in [0.25, 0.3) is 11.4 Å². The van der Waals surface area contributed by atoms with Crippen molar-refractivity contribution in [2.24, 2.45) is 0 Å². The van der Waals surface area contributed by atoms with Gasteiger partial charge in [0.15, 0.2) is 5.82 Å². The highest BCUT2D eigenvalue weighted by Gasteiger charge is 2.06. The van der Waals surface area contributed by atoms with Crippen LogP contribution >= 0.6 is 15.9 Å². The molecule has 0 unspecified atom stereocenters. The Balaban J connectivity index is 1.86. The van der Waals surface area contributed by atoms with Crippen LogP contribution < -0.4 is 5.73 Å². The minimum atomic E-state index is 0.677. The fraction of sp³-hybridized carbons (Fsp3) is 0.0667. The van der Waals surface area contributed by atoms with Gasteiger partial charge in [0, 0.05) is 15.7 Å². The van der Waals surface area contributed by atoms with Crippen LogP contribution in [0.2, 0.25) is 0 Å². The van der Waals surface area contributed by atoms with Gasteiger partial charge in [0.2, 0.25) is 0 Å². The summed E-state index contributed by atoms with van der Waals surface area (Å²) < 4.78 is 2.89. The lowest BCUT2D eigenvalue weighted by atomic mass is 10.2. The molecular formula is C15H13BrN4. The van der Waals surface area contributed by atoms with Gasteiger partial charge in [0.05, 0.1) is 6.54 Å². The van der Waals surface area contributed by atoms with Gasteiger partial charge in [-0.2, -0.15) is 5.10 Å². The van der Waals surface area contributed by atoms with Crippen LogP contribution in [0.1, 0.15) is 5.56 Å². The first-order valence-corrected chi connectivity index (χ1v) is 7.00. The molecule has 0 spiro atoms. The first-order valence-electron chi connectivity index (χ1n) is 6.21. The molecule has 2 N–H and O–H groups in total. The molecule has 0 amide bonds. The van der Waals surface area contributed by atoms with Gasteiger partial charge >= 0.3 is 0 Å². The van der Waals surface area contributed by atoms with Crippen LogP contribution in [0, 0.1) is 0 Å². The van der Waals surface area contributed by atoms with E-state index >= 15 is 0 Å². The van der Waals surface area contributed by atoms with Crippen molar-refractivity contribution in [2.45, 2.75) is 6.54 Å². The second kappa shape index (κ2) is 5.46. The van der Waals surface area contributed by atoms with Gasteiger partial charge in [-0.1, -0.05) is 46.3 Å². The Morgan fingerprint density at radius 3 is 2.75 bits per heavy atom. The molecule has 0 bridgehead atoms. The zero-order valence-electron chi connectivity index (χ0n) is 10.7. The largest absolute Gasteiger partial charge is 0.399 e. The number of hydrogen-bond donors (Lipinski definition) is 1. The molecule has 1 heterocycles. The third-order valence-electron chi connectivity index (χ3n) is 2.97. The zero-order valence-corrected chi connectivity index (χ0v) is 12.3. The van der Waals surface area contributed by atoms with Gasteiger partial charge in [-0.3, -0.25) is 0 Å². The minimum Gasteiger partial charge on any atom is -0.399 e. The lowest BCUT2D eigenvalue weighted by Gasteiger charge is -2.03. The van der Waals surface area contributed by atoms with E-state index < -0.39 is 0 Å². The molecule has 20 heavy (non-hydrogen) atoms. The molecule has 0 aliphatic carbocycles. The van der Waals surface area contributed by atoms with Crippen molar-refractivity contribution in [3.8, 4) is 11.4 Å². The molecule has 5 heteroatoms. The van der Waals surface area contributed by atoms with Gasteiger partial charge in [0.1, 0.15) is 6.33 Å². The molecule has 0 aliphatic rings. The topological polar surface area (TPSA) is 56.7 Å². The molecule has 0 saturated heterocycles. The van der Waals surface area contributed by atoms with Crippen molar-refractivity contribution in [3.63, 3.8) is 0 Å². The Kier molecular flexibility index (Phi) is 3.52. The summed E-state index contributed by atoms with van der Waals surface area (Å²) >= 11 is 3.54. The summed E-state index contributed by atoms with van der Waals surface area (Å²) in [6, 6.07) is 15.7. The first kappa shape index (κ1) is 12.9. The van der Waals surface area contributed by atoms with E-state index in [2.05, 4.69) is 32.1 Å². The third kappa shape index (κ3) is 2.72. The third-order valence-corrected chi connectivity index (χ3v) is 3.75. The number of nitrogen functional groups attached to an aromatic ring is 1. The highest BCUT2D eigenvalue weighted by Crippen LogP contribution is 2.19. The zero-order chi connectivity index (χ0) is 13.9. The second-order valence-corrected chi connectivity index (χ2v) is 5.34. The molecule has 0 aliphatic heterocycles. The molecule has 0 atom stereocenters. The van der Waals surface area contributed by atoms with E-state index in [9.17, 15) is 0 Å². The first-order chi connectivity index (χ1) is 9.72. The smallest absolute Gasteiger partial charge is 0.181 e. The highest BCUT2D eigenvalue weighted by molar-refractivity contribution is 9.10. The fourth-order valence-electron chi connectivity index (χ4n) is 1.98. The van der Waals surface area contributed by atoms with Crippen LogP contribution in [0.3, 0.4) is 0 Å². The molecule has 0 radical (unpaired) electrons. The Bertz CT molecular complexity index is 736. The van der Waals surface area contributed by atoms with Crippen LogP contribution in [0.4, 0.5) is 5.69 Å². The molecule has 0 fully saturated rings. The summed E-state index contributed by atoms with van der Waals surface area (Å²) in [6.07, 6.45) is 1.73. The predicted molar refractivity (Wildman–Crippen MR) is 83.1 cm³/mol. The fourth-order valence-corrected chi connectivity index (χ4v) is 2.39. The summed E-state index contributed by atoms with van der Waals surface area (Å²) in [6.45, 7) is 0.677. The highest BCUT2D eigenvalue weighted by atomic mass is 79.9.